The van der Waals surface area contributed by atoms with E-state index in [1.807, 2.05) is 6.07 Å². The second-order valence-corrected chi connectivity index (χ2v) is 6.63. The minimum atomic E-state index is -0.259. The van der Waals surface area contributed by atoms with E-state index in [2.05, 4.69) is 19.8 Å². The van der Waals surface area contributed by atoms with Crippen molar-refractivity contribution >= 4 is 17.4 Å². The van der Waals surface area contributed by atoms with E-state index in [-0.39, 0.29) is 5.82 Å². The van der Waals surface area contributed by atoms with E-state index in [9.17, 15) is 4.39 Å². The van der Waals surface area contributed by atoms with Crippen molar-refractivity contribution in [3.05, 3.63) is 52.7 Å². The SMILES string of the molecule is N#Cc1cnc(N2C3CC2CN(Cc2ncccc2F)C3)c(Cl)c1. The van der Waals surface area contributed by atoms with Gasteiger partial charge in [0.05, 0.1) is 16.3 Å². The summed E-state index contributed by atoms with van der Waals surface area (Å²) >= 11 is 6.29. The van der Waals surface area contributed by atoms with Gasteiger partial charge in [-0.2, -0.15) is 5.26 Å². The van der Waals surface area contributed by atoms with Gasteiger partial charge in [0.25, 0.3) is 0 Å². The molecule has 0 saturated carbocycles. The molecule has 2 unspecified atom stereocenters. The first-order chi connectivity index (χ1) is 11.7. The van der Waals surface area contributed by atoms with E-state index in [0.29, 0.717) is 34.9 Å². The largest absolute Gasteiger partial charge is 0.347 e. The van der Waals surface area contributed by atoms with E-state index in [1.165, 1.54) is 6.07 Å². The highest BCUT2D eigenvalue weighted by Gasteiger charge is 2.45. The molecule has 0 amide bonds. The van der Waals surface area contributed by atoms with Crippen molar-refractivity contribution in [3.63, 3.8) is 0 Å². The first-order valence-corrected chi connectivity index (χ1v) is 8.19. The van der Waals surface area contributed by atoms with Crippen LogP contribution in [0.25, 0.3) is 0 Å². The van der Waals surface area contributed by atoms with Crippen molar-refractivity contribution < 1.29 is 4.39 Å². The molecule has 2 atom stereocenters. The van der Waals surface area contributed by atoms with Gasteiger partial charge in [-0.05, 0) is 24.6 Å². The molecule has 24 heavy (non-hydrogen) atoms. The monoisotopic (exact) mass is 343 g/mol. The Morgan fingerprint density at radius 2 is 2.12 bits per heavy atom. The van der Waals surface area contributed by atoms with Crippen LogP contribution in [-0.2, 0) is 6.54 Å². The lowest BCUT2D eigenvalue weighted by Crippen LogP contribution is -2.69. The molecule has 2 bridgehead atoms. The Morgan fingerprint density at radius 3 is 2.79 bits per heavy atom. The number of piperidine rings is 1. The van der Waals surface area contributed by atoms with Gasteiger partial charge in [0, 0.05) is 44.1 Å². The van der Waals surface area contributed by atoms with Gasteiger partial charge >= 0.3 is 0 Å². The number of nitriles is 1. The molecule has 0 aromatic carbocycles. The maximum atomic E-state index is 13.8. The lowest BCUT2D eigenvalue weighted by Gasteiger charge is -2.57. The molecule has 122 valence electrons. The molecule has 3 saturated heterocycles. The number of fused-ring (bicyclic) bond motifs is 2. The summed E-state index contributed by atoms with van der Waals surface area (Å²) in [5.41, 5.74) is 0.946. The van der Waals surface area contributed by atoms with E-state index in [1.54, 1.807) is 24.5 Å². The van der Waals surface area contributed by atoms with Crippen LogP contribution in [0.5, 0.6) is 0 Å². The number of piperazine rings is 1. The summed E-state index contributed by atoms with van der Waals surface area (Å²) in [6.45, 7) is 2.16. The van der Waals surface area contributed by atoms with Crippen LogP contribution in [0.3, 0.4) is 0 Å². The van der Waals surface area contributed by atoms with E-state index >= 15 is 0 Å². The van der Waals surface area contributed by atoms with Crippen molar-refractivity contribution in [2.75, 3.05) is 18.0 Å². The molecule has 3 fully saturated rings. The second kappa shape index (κ2) is 6.00. The molecule has 5 nitrogen and oxygen atoms in total. The zero-order valence-electron chi connectivity index (χ0n) is 12.9. The topological polar surface area (TPSA) is 56.1 Å². The van der Waals surface area contributed by atoms with Crippen LogP contribution in [0.1, 0.15) is 17.7 Å². The van der Waals surface area contributed by atoms with Gasteiger partial charge in [0.15, 0.2) is 0 Å². The average molecular weight is 344 g/mol. The number of aromatic nitrogens is 2. The summed E-state index contributed by atoms with van der Waals surface area (Å²) in [6, 6.07) is 7.37. The molecule has 0 radical (unpaired) electrons. The van der Waals surface area contributed by atoms with Crippen molar-refractivity contribution in [1.82, 2.24) is 14.9 Å². The van der Waals surface area contributed by atoms with E-state index in [4.69, 9.17) is 16.9 Å². The number of hydrogen-bond acceptors (Lipinski definition) is 5. The predicted octanol–water partition coefficient (Wildman–Crippen LogP) is 2.60. The van der Waals surface area contributed by atoms with E-state index < -0.39 is 0 Å². The van der Waals surface area contributed by atoms with Gasteiger partial charge in [0.2, 0.25) is 0 Å². The van der Waals surface area contributed by atoms with Crippen LogP contribution in [0.15, 0.2) is 30.6 Å². The lowest BCUT2D eigenvalue weighted by molar-refractivity contribution is 0.105. The Kier molecular flexibility index (Phi) is 3.83. The quantitative estimate of drug-likeness (QED) is 0.857. The highest BCUT2D eigenvalue weighted by molar-refractivity contribution is 6.33. The first-order valence-electron chi connectivity index (χ1n) is 7.81. The highest BCUT2D eigenvalue weighted by Crippen LogP contribution is 2.39. The highest BCUT2D eigenvalue weighted by atomic mass is 35.5. The van der Waals surface area contributed by atoms with Gasteiger partial charge in [0.1, 0.15) is 17.7 Å². The third-order valence-corrected chi connectivity index (χ3v) is 4.95. The molecule has 3 aliphatic rings. The minimum Gasteiger partial charge on any atom is -0.347 e. The zero-order valence-corrected chi connectivity index (χ0v) is 13.6. The maximum Gasteiger partial charge on any atom is 0.148 e. The fraction of sp³-hybridized carbons (Fsp3) is 0.353. The third-order valence-electron chi connectivity index (χ3n) is 4.67. The Morgan fingerprint density at radius 1 is 1.33 bits per heavy atom. The number of anilines is 1. The summed E-state index contributed by atoms with van der Waals surface area (Å²) < 4.78 is 13.8. The van der Waals surface area contributed by atoms with Crippen LogP contribution in [-0.4, -0.2) is 40.0 Å². The fourth-order valence-electron chi connectivity index (χ4n) is 3.60. The average Bonchev–Trinajstić information content (AvgIpc) is 2.58. The van der Waals surface area contributed by atoms with Crippen molar-refractivity contribution in [2.45, 2.75) is 25.0 Å². The molecule has 5 heterocycles. The Bertz CT molecular complexity index is 809. The van der Waals surface area contributed by atoms with Gasteiger partial charge in [-0.25, -0.2) is 9.37 Å². The van der Waals surface area contributed by atoms with Crippen LogP contribution < -0.4 is 4.90 Å². The summed E-state index contributed by atoms with van der Waals surface area (Å²) in [4.78, 5) is 12.9. The molecule has 5 rings (SSSR count). The number of pyridine rings is 2. The molecule has 2 aromatic rings. The lowest BCUT2D eigenvalue weighted by atomic mass is 9.87. The van der Waals surface area contributed by atoms with Gasteiger partial charge in [-0.3, -0.25) is 9.88 Å². The van der Waals surface area contributed by atoms with Gasteiger partial charge in [-0.15, -0.1) is 0 Å². The molecule has 7 heteroatoms. The molecule has 0 N–H and O–H groups in total. The number of rotatable bonds is 3. The number of nitrogens with zero attached hydrogens (tertiary/aromatic N) is 5. The van der Waals surface area contributed by atoms with Crippen LogP contribution in [0, 0.1) is 17.1 Å². The maximum absolute atomic E-state index is 13.8. The molecule has 0 aliphatic carbocycles. The van der Waals surface area contributed by atoms with Crippen molar-refractivity contribution in [3.8, 4) is 6.07 Å². The Labute approximate surface area is 144 Å². The van der Waals surface area contributed by atoms with E-state index in [0.717, 1.165) is 25.3 Å². The molecule has 3 aliphatic heterocycles. The summed E-state index contributed by atoms with van der Waals surface area (Å²) in [5.74, 6) is 0.478. The molecular formula is C17H15ClFN5. The molecular weight excluding hydrogens is 329 g/mol. The third kappa shape index (κ3) is 2.60. The second-order valence-electron chi connectivity index (χ2n) is 6.22. The van der Waals surface area contributed by atoms with Crippen LogP contribution in [0.4, 0.5) is 10.2 Å². The Hall–Kier alpha value is -2.23. The molecule has 0 spiro atoms. The summed E-state index contributed by atoms with van der Waals surface area (Å²) in [7, 11) is 0. The minimum absolute atomic E-state index is 0.259. The van der Waals surface area contributed by atoms with Crippen molar-refractivity contribution in [1.29, 1.82) is 5.26 Å². The smallest absolute Gasteiger partial charge is 0.148 e. The zero-order chi connectivity index (χ0) is 16.7. The van der Waals surface area contributed by atoms with Crippen LogP contribution >= 0.6 is 11.6 Å². The van der Waals surface area contributed by atoms with Crippen LogP contribution in [0.2, 0.25) is 5.02 Å². The standard InChI is InChI=1S/C17H15ClFN5/c18-14-4-11(6-20)7-22-17(14)24-12-5-13(24)9-23(8-12)10-16-15(19)2-1-3-21-16/h1-4,7,12-13H,5,8-10H2. The summed E-state index contributed by atoms with van der Waals surface area (Å²) in [6.07, 6.45) is 4.26. The predicted molar refractivity (Wildman–Crippen MR) is 88.1 cm³/mol. The van der Waals surface area contributed by atoms with Gasteiger partial charge < -0.3 is 4.90 Å². The first kappa shape index (κ1) is 15.3. The number of halogens is 2. The van der Waals surface area contributed by atoms with Crippen molar-refractivity contribution in [2.24, 2.45) is 0 Å². The molecule has 2 aromatic heterocycles. The fourth-order valence-corrected chi connectivity index (χ4v) is 3.86. The normalized spacial score (nSPS) is 22.8. The van der Waals surface area contributed by atoms with Gasteiger partial charge in [-0.1, -0.05) is 11.6 Å². The number of hydrogen-bond donors (Lipinski definition) is 0. The Balaban J connectivity index is 1.47. The summed E-state index contributed by atoms with van der Waals surface area (Å²) in [5, 5.41) is 9.42.